The van der Waals surface area contributed by atoms with E-state index in [2.05, 4.69) is 152 Å². The van der Waals surface area contributed by atoms with Crippen LogP contribution >= 0.6 is 0 Å². The van der Waals surface area contributed by atoms with Crippen molar-refractivity contribution in [2.75, 3.05) is 30.9 Å². The molecule has 0 saturated heterocycles. The Morgan fingerprint density at radius 3 is 2.11 bits per heavy atom. The minimum absolute atomic E-state index is 0.197. The Labute approximate surface area is 224 Å². The third-order valence-electron chi connectivity index (χ3n) is 8.68. The molecule has 2 aliphatic heterocycles. The average Bonchev–Trinajstić information content (AvgIpc) is 3.32. The molecule has 1 unspecified atom stereocenters. The van der Waals surface area contributed by atoms with E-state index >= 15 is 0 Å². The van der Waals surface area contributed by atoms with Gasteiger partial charge in [-0.15, -0.1) is 0 Å². The van der Waals surface area contributed by atoms with E-state index in [1.54, 1.807) is 0 Å². The highest BCUT2D eigenvalue weighted by atomic mass is 15.4. The molecule has 3 nitrogen and oxygen atoms in total. The van der Waals surface area contributed by atoms with Crippen LogP contribution in [0.3, 0.4) is 0 Å². The van der Waals surface area contributed by atoms with Crippen LogP contribution in [0.2, 0.25) is 0 Å². The van der Waals surface area contributed by atoms with Gasteiger partial charge in [0, 0.05) is 37.2 Å². The Morgan fingerprint density at radius 1 is 0.711 bits per heavy atom. The van der Waals surface area contributed by atoms with Gasteiger partial charge in [0.25, 0.3) is 0 Å². The molecule has 0 bridgehead atoms. The molecule has 0 saturated carbocycles. The third kappa shape index (κ3) is 3.18. The summed E-state index contributed by atoms with van der Waals surface area (Å²) in [5, 5.41) is 5.19. The summed E-state index contributed by atoms with van der Waals surface area (Å²) >= 11 is 0. The standard InChI is InChI=1S/C35H32N3/c1-35(23-24-12-6-5-7-13-24)31(36(2)29-20-18-25-14-8-10-16-27(25)33(29)35)22-32-37(3)30-21-19-26-15-9-11-17-28(26)34(30)38(32)4/h5-22H,23H2,1-4H3/q+1. The number of nitrogens with zero attached hydrogens (tertiary/aromatic N) is 3. The molecule has 0 spiro atoms. The number of fused-ring (bicyclic) bond motifs is 6. The van der Waals surface area contributed by atoms with Crippen molar-refractivity contribution in [1.29, 1.82) is 0 Å². The summed E-state index contributed by atoms with van der Waals surface area (Å²) in [5.74, 6) is 1.19. The molecule has 5 aromatic rings. The van der Waals surface area contributed by atoms with Crippen molar-refractivity contribution in [2.24, 2.45) is 0 Å². The number of allylic oxidation sites excluding steroid dienone is 1. The first-order valence-electron chi connectivity index (χ1n) is 13.4. The maximum atomic E-state index is 2.43. The van der Waals surface area contributed by atoms with E-state index in [1.807, 2.05) is 0 Å². The highest BCUT2D eigenvalue weighted by Crippen LogP contribution is 2.48. The molecule has 186 valence electrons. The zero-order valence-electron chi connectivity index (χ0n) is 22.4. The van der Waals surface area contributed by atoms with E-state index in [4.69, 9.17) is 0 Å². The quantitative estimate of drug-likeness (QED) is 0.238. The highest BCUT2D eigenvalue weighted by molar-refractivity contribution is 6.11. The summed E-state index contributed by atoms with van der Waals surface area (Å²) in [6.45, 7) is 2.43. The smallest absolute Gasteiger partial charge is 0.210 e. The van der Waals surface area contributed by atoms with Crippen molar-refractivity contribution in [2.45, 2.75) is 18.8 Å². The summed E-state index contributed by atoms with van der Waals surface area (Å²) in [4.78, 5) is 4.70. The Morgan fingerprint density at radius 2 is 1.34 bits per heavy atom. The van der Waals surface area contributed by atoms with Gasteiger partial charge in [-0.05, 0) is 47.2 Å². The summed E-state index contributed by atoms with van der Waals surface area (Å²) in [6, 6.07) is 37.5. The fourth-order valence-electron chi connectivity index (χ4n) is 6.83. The number of hydrogen-bond acceptors (Lipinski definition) is 2. The van der Waals surface area contributed by atoms with Gasteiger partial charge in [-0.1, -0.05) is 84.9 Å². The van der Waals surface area contributed by atoms with E-state index in [0.717, 1.165) is 6.42 Å². The summed E-state index contributed by atoms with van der Waals surface area (Å²) in [5.41, 5.74) is 7.69. The van der Waals surface area contributed by atoms with Crippen LogP contribution in [0.4, 0.5) is 17.1 Å². The average molecular weight is 495 g/mol. The van der Waals surface area contributed by atoms with Gasteiger partial charge in [0.2, 0.25) is 5.69 Å². The lowest BCUT2D eigenvalue weighted by molar-refractivity contribution is -0.401. The van der Waals surface area contributed by atoms with Crippen LogP contribution in [-0.2, 0) is 11.8 Å². The van der Waals surface area contributed by atoms with Crippen molar-refractivity contribution in [3.8, 4) is 0 Å². The minimum atomic E-state index is -0.197. The Hall–Kier alpha value is -4.37. The summed E-state index contributed by atoms with van der Waals surface area (Å²) < 4.78 is 2.42. The van der Waals surface area contributed by atoms with Gasteiger partial charge in [-0.25, -0.2) is 0 Å². The predicted molar refractivity (Wildman–Crippen MR) is 161 cm³/mol. The molecule has 0 fully saturated rings. The van der Waals surface area contributed by atoms with Crippen molar-refractivity contribution in [3.05, 3.63) is 126 Å². The van der Waals surface area contributed by atoms with Gasteiger partial charge in [0.15, 0.2) is 5.71 Å². The molecule has 0 N–H and O–H groups in total. The third-order valence-corrected chi connectivity index (χ3v) is 8.68. The van der Waals surface area contributed by atoms with Crippen LogP contribution < -0.4 is 9.80 Å². The zero-order valence-corrected chi connectivity index (χ0v) is 22.4. The van der Waals surface area contributed by atoms with E-state index in [0.29, 0.717) is 0 Å². The molecule has 38 heavy (non-hydrogen) atoms. The van der Waals surface area contributed by atoms with E-state index in [-0.39, 0.29) is 5.41 Å². The van der Waals surface area contributed by atoms with Crippen LogP contribution in [0.5, 0.6) is 0 Å². The minimum Gasteiger partial charge on any atom is -0.329 e. The molecule has 1 atom stereocenters. The van der Waals surface area contributed by atoms with E-state index < -0.39 is 0 Å². The van der Waals surface area contributed by atoms with Crippen LogP contribution in [-0.4, -0.2) is 31.4 Å². The Balaban J connectivity index is 1.44. The molecule has 0 aromatic heterocycles. The van der Waals surface area contributed by atoms with Gasteiger partial charge >= 0.3 is 0 Å². The first-order valence-corrected chi connectivity index (χ1v) is 13.4. The van der Waals surface area contributed by atoms with Crippen LogP contribution in [0.1, 0.15) is 18.1 Å². The first kappa shape index (κ1) is 22.8. The number of hydrogen-bond donors (Lipinski definition) is 0. The Kier molecular flexibility index (Phi) is 4.99. The van der Waals surface area contributed by atoms with Crippen LogP contribution in [0.15, 0.2) is 115 Å². The predicted octanol–water partition coefficient (Wildman–Crippen LogP) is 7.65. The first-order chi connectivity index (χ1) is 18.5. The molecular weight excluding hydrogens is 462 g/mol. The number of rotatable bonds is 3. The molecule has 5 aromatic carbocycles. The molecule has 2 heterocycles. The van der Waals surface area contributed by atoms with Gasteiger partial charge in [-0.2, -0.15) is 4.58 Å². The molecule has 0 amide bonds. The van der Waals surface area contributed by atoms with Gasteiger partial charge in [0.05, 0.1) is 16.8 Å². The van der Waals surface area contributed by atoms with Crippen LogP contribution in [0, 0.1) is 0 Å². The monoisotopic (exact) mass is 494 g/mol. The molecular formula is C35H32N3+. The zero-order chi connectivity index (χ0) is 26.0. The Bertz CT molecular complexity index is 1800. The van der Waals surface area contributed by atoms with Crippen LogP contribution in [0.25, 0.3) is 21.5 Å². The molecule has 7 rings (SSSR count). The van der Waals surface area contributed by atoms with Crippen molar-refractivity contribution in [3.63, 3.8) is 0 Å². The highest BCUT2D eigenvalue weighted by Gasteiger charge is 2.49. The lowest BCUT2D eigenvalue weighted by atomic mass is 9.73. The van der Waals surface area contributed by atoms with Crippen molar-refractivity contribution >= 4 is 44.3 Å². The fraction of sp³-hybridized carbons (Fsp3) is 0.171. The van der Waals surface area contributed by atoms with Gasteiger partial charge < -0.3 is 9.80 Å². The molecule has 3 heteroatoms. The largest absolute Gasteiger partial charge is 0.329 e. The number of benzene rings is 5. The van der Waals surface area contributed by atoms with Crippen molar-refractivity contribution < 1.29 is 4.58 Å². The summed E-state index contributed by atoms with van der Waals surface area (Å²) in [7, 11) is 6.62. The second-order valence-electron chi connectivity index (χ2n) is 10.9. The van der Waals surface area contributed by atoms with Gasteiger partial charge in [0.1, 0.15) is 12.9 Å². The molecule has 2 aliphatic rings. The molecule has 0 radical (unpaired) electrons. The lowest BCUT2D eigenvalue weighted by Crippen LogP contribution is -2.35. The fourth-order valence-corrected chi connectivity index (χ4v) is 6.83. The maximum Gasteiger partial charge on any atom is 0.210 e. The SMILES string of the molecule is CN1/C(=C/C2=[N+](C)c3ccc4ccccc4c3C2(C)Cc2ccccc2)N(C)c2c1ccc1ccccc21. The normalized spacial score (nSPS) is 19.6. The summed E-state index contributed by atoms with van der Waals surface area (Å²) in [6.07, 6.45) is 3.36. The van der Waals surface area contributed by atoms with E-state index in [1.165, 1.54) is 61.3 Å². The number of anilines is 2. The topological polar surface area (TPSA) is 9.49 Å². The van der Waals surface area contributed by atoms with Gasteiger partial charge in [-0.3, -0.25) is 0 Å². The lowest BCUT2D eigenvalue weighted by Gasteiger charge is -2.26. The maximum absolute atomic E-state index is 2.43. The van der Waals surface area contributed by atoms with E-state index in [9.17, 15) is 0 Å². The molecule has 0 aliphatic carbocycles. The second-order valence-corrected chi connectivity index (χ2v) is 10.9. The second kappa shape index (κ2) is 8.32. The van der Waals surface area contributed by atoms with Crippen molar-refractivity contribution in [1.82, 2.24) is 0 Å².